The van der Waals surface area contributed by atoms with Crippen LogP contribution in [0.3, 0.4) is 0 Å². The van der Waals surface area contributed by atoms with Crippen LogP contribution in [0.2, 0.25) is 0 Å². The highest BCUT2D eigenvalue weighted by Crippen LogP contribution is 2.19. The molecule has 0 radical (unpaired) electrons. The van der Waals surface area contributed by atoms with Gasteiger partial charge < -0.3 is 10.1 Å². The van der Waals surface area contributed by atoms with Crippen LogP contribution >= 0.6 is 0 Å². The molecule has 2 N–H and O–H groups in total. The van der Waals surface area contributed by atoms with Crippen molar-refractivity contribution >= 4 is 11.8 Å². The number of aromatic nitrogens is 2. The van der Waals surface area contributed by atoms with Gasteiger partial charge in [-0.1, -0.05) is 30.3 Å². The zero-order valence-electron chi connectivity index (χ0n) is 15.7. The molecule has 7 heteroatoms. The quantitative estimate of drug-likeness (QED) is 0.848. The molecule has 2 atom stereocenters. The fourth-order valence-electron chi connectivity index (χ4n) is 3.96. The van der Waals surface area contributed by atoms with Gasteiger partial charge in [-0.3, -0.25) is 10.2 Å². The lowest BCUT2D eigenvalue weighted by molar-refractivity contribution is 0.159. The molecule has 2 aromatic rings. The van der Waals surface area contributed by atoms with E-state index in [4.69, 9.17) is 4.74 Å². The third-order valence-corrected chi connectivity index (χ3v) is 5.30. The van der Waals surface area contributed by atoms with Gasteiger partial charge in [0, 0.05) is 6.07 Å². The third kappa shape index (κ3) is 4.31. The van der Waals surface area contributed by atoms with Crippen molar-refractivity contribution in [2.24, 2.45) is 0 Å². The summed E-state index contributed by atoms with van der Waals surface area (Å²) in [4.78, 5) is 15.0. The summed E-state index contributed by atoms with van der Waals surface area (Å²) in [5, 5.41) is 10.6. The van der Waals surface area contributed by atoms with Gasteiger partial charge in [-0.25, -0.2) is 9.48 Å². The van der Waals surface area contributed by atoms with Crippen LogP contribution in [0.5, 0.6) is 0 Å². The Balaban J connectivity index is 1.39. The summed E-state index contributed by atoms with van der Waals surface area (Å²) in [5.74, 6) is 0.700. The van der Waals surface area contributed by atoms with E-state index < -0.39 is 0 Å². The summed E-state index contributed by atoms with van der Waals surface area (Å²) in [6, 6.07) is 12.1. The number of likely N-dealkylation sites (tertiary alicyclic amines) is 1. The molecule has 7 nitrogen and oxygen atoms in total. The molecule has 2 amide bonds. The van der Waals surface area contributed by atoms with E-state index in [-0.39, 0.29) is 18.1 Å². The fraction of sp³-hybridized carbons (Fsp3) is 0.500. The van der Waals surface area contributed by atoms with Crippen LogP contribution in [0, 0.1) is 6.92 Å². The Labute approximate surface area is 159 Å². The second kappa shape index (κ2) is 8.10. The van der Waals surface area contributed by atoms with Crippen LogP contribution in [-0.2, 0) is 11.3 Å². The van der Waals surface area contributed by atoms with E-state index in [9.17, 15) is 4.79 Å². The molecule has 0 unspecified atom stereocenters. The molecule has 1 aromatic heterocycles. The second-order valence-electron chi connectivity index (χ2n) is 7.37. The van der Waals surface area contributed by atoms with Crippen molar-refractivity contribution in [3.8, 4) is 0 Å². The Morgan fingerprint density at radius 1 is 1.22 bits per heavy atom. The molecule has 3 heterocycles. The minimum Gasteiger partial charge on any atom is -0.378 e. The summed E-state index contributed by atoms with van der Waals surface area (Å²) in [6.07, 6.45) is 2.46. The molecule has 144 valence electrons. The Kier molecular flexibility index (Phi) is 5.40. The summed E-state index contributed by atoms with van der Waals surface area (Å²) in [5.41, 5.74) is 2.02. The van der Waals surface area contributed by atoms with Gasteiger partial charge in [0.15, 0.2) is 0 Å². The molecule has 4 rings (SSSR count). The molecule has 2 fully saturated rings. The molecular formula is C20H27N5O2. The van der Waals surface area contributed by atoms with Gasteiger partial charge in [0.05, 0.1) is 37.5 Å². The van der Waals surface area contributed by atoms with E-state index in [1.165, 1.54) is 12.8 Å². The van der Waals surface area contributed by atoms with Crippen LogP contribution in [0.15, 0.2) is 36.4 Å². The molecule has 0 spiro atoms. The zero-order valence-corrected chi connectivity index (χ0v) is 15.7. The minimum atomic E-state index is -0.205. The highest BCUT2D eigenvalue weighted by molar-refractivity contribution is 5.88. The second-order valence-corrected chi connectivity index (χ2v) is 7.37. The van der Waals surface area contributed by atoms with Crippen molar-refractivity contribution in [3.63, 3.8) is 0 Å². The van der Waals surface area contributed by atoms with Crippen LogP contribution in [-0.4, -0.2) is 59.1 Å². The lowest BCUT2D eigenvalue weighted by Crippen LogP contribution is -2.51. The first-order chi connectivity index (χ1) is 13.2. The lowest BCUT2D eigenvalue weighted by atomic mass is 10.1. The fourth-order valence-corrected chi connectivity index (χ4v) is 3.96. The molecule has 0 saturated carbocycles. The number of rotatable bonds is 5. The Hall–Kier alpha value is -2.38. The smallest absolute Gasteiger partial charge is 0.320 e. The minimum absolute atomic E-state index is 0.0229. The van der Waals surface area contributed by atoms with Gasteiger partial charge in [0.2, 0.25) is 0 Å². The zero-order chi connectivity index (χ0) is 18.6. The van der Waals surface area contributed by atoms with Crippen LogP contribution in [0.4, 0.5) is 10.6 Å². The van der Waals surface area contributed by atoms with E-state index >= 15 is 0 Å². The number of hydrogen-bond donors (Lipinski definition) is 2. The van der Waals surface area contributed by atoms with E-state index in [0.29, 0.717) is 25.6 Å². The van der Waals surface area contributed by atoms with Crippen molar-refractivity contribution in [3.05, 3.63) is 47.7 Å². The maximum absolute atomic E-state index is 12.6. The normalized spacial score (nSPS) is 22.9. The lowest BCUT2D eigenvalue weighted by Gasteiger charge is -2.27. The van der Waals surface area contributed by atoms with E-state index in [0.717, 1.165) is 24.3 Å². The first-order valence-corrected chi connectivity index (χ1v) is 9.67. The highest BCUT2D eigenvalue weighted by atomic mass is 16.5. The van der Waals surface area contributed by atoms with Gasteiger partial charge >= 0.3 is 6.03 Å². The number of ether oxygens (including phenoxy) is 1. The molecule has 0 aliphatic carbocycles. The largest absolute Gasteiger partial charge is 0.378 e. The first-order valence-electron chi connectivity index (χ1n) is 9.67. The number of carbonyl (C=O) groups excluding carboxylic acids is 1. The molecule has 2 saturated heterocycles. The number of aryl methyl sites for hydroxylation is 1. The number of anilines is 1. The molecule has 2 aliphatic rings. The SMILES string of the molecule is Cc1cc(NC(=O)N[C@@H]2COC[C@H]2N2CCCC2)n(Cc2ccccc2)n1. The average molecular weight is 369 g/mol. The van der Waals surface area contributed by atoms with E-state index in [1.807, 2.05) is 35.9 Å². The Morgan fingerprint density at radius 3 is 2.78 bits per heavy atom. The Bertz CT molecular complexity index is 770. The van der Waals surface area contributed by atoms with Crippen molar-refractivity contribution in [1.29, 1.82) is 0 Å². The van der Waals surface area contributed by atoms with Gasteiger partial charge in [0.25, 0.3) is 0 Å². The average Bonchev–Trinajstić information content (AvgIpc) is 3.38. The van der Waals surface area contributed by atoms with Crippen molar-refractivity contribution in [1.82, 2.24) is 20.0 Å². The summed E-state index contributed by atoms with van der Waals surface area (Å²) >= 11 is 0. The van der Waals surface area contributed by atoms with Crippen molar-refractivity contribution in [2.75, 3.05) is 31.6 Å². The van der Waals surface area contributed by atoms with Crippen LogP contribution in [0.25, 0.3) is 0 Å². The number of benzene rings is 1. The number of carbonyl (C=O) groups is 1. The maximum atomic E-state index is 12.6. The number of nitrogens with one attached hydrogen (secondary N) is 2. The number of amides is 2. The highest BCUT2D eigenvalue weighted by Gasteiger charge is 2.35. The van der Waals surface area contributed by atoms with Gasteiger partial charge in [-0.2, -0.15) is 5.10 Å². The van der Waals surface area contributed by atoms with E-state index in [2.05, 4.69) is 32.8 Å². The monoisotopic (exact) mass is 369 g/mol. The summed E-state index contributed by atoms with van der Waals surface area (Å²) in [7, 11) is 0. The topological polar surface area (TPSA) is 71.4 Å². The molecule has 1 aromatic carbocycles. The molecule has 27 heavy (non-hydrogen) atoms. The summed E-state index contributed by atoms with van der Waals surface area (Å²) < 4.78 is 7.47. The maximum Gasteiger partial charge on any atom is 0.320 e. The number of nitrogens with zero attached hydrogens (tertiary/aromatic N) is 3. The third-order valence-electron chi connectivity index (χ3n) is 5.30. The predicted octanol–water partition coefficient (Wildman–Crippen LogP) is 2.22. The summed E-state index contributed by atoms with van der Waals surface area (Å²) in [6.45, 7) is 5.99. The van der Waals surface area contributed by atoms with Gasteiger partial charge in [-0.05, 0) is 38.4 Å². The molecular weight excluding hydrogens is 342 g/mol. The van der Waals surface area contributed by atoms with Crippen LogP contribution in [0.1, 0.15) is 24.1 Å². The molecule has 0 bridgehead atoms. The molecule has 2 aliphatic heterocycles. The Morgan fingerprint density at radius 2 is 2.00 bits per heavy atom. The van der Waals surface area contributed by atoms with Gasteiger partial charge in [0.1, 0.15) is 5.82 Å². The number of hydrogen-bond acceptors (Lipinski definition) is 4. The van der Waals surface area contributed by atoms with E-state index in [1.54, 1.807) is 0 Å². The number of urea groups is 1. The van der Waals surface area contributed by atoms with Gasteiger partial charge in [-0.15, -0.1) is 0 Å². The first kappa shape index (κ1) is 18.0. The van der Waals surface area contributed by atoms with Crippen molar-refractivity contribution < 1.29 is 9.53 Å². The standard InChI is InChI=1S/C20H27N5O2/c1-15-11-19(25(23-15)12-16-7-3-2-4-8-16)22-20(26)21-17-13-27-14-18(17)24-9-5-6-10-24/h2-4,7-8,11,17-18H,5-6,9-10,12-14H2,1H3,(H2,21,22,26)/t17-,18-/m1/s1. The van der Waals surface area contributed by atoms with Crippen molar-refractivity contribution in [2.45, 2.75) is 38.4 Å². The van der Waals surface area contributed by atoms with Crippen LogP contribution < -0.4 is 10.6 Å². The predicted molar refractivity (Wildman–Crippen MR) is 104 cm³/mol.